The van der Waals surface area contributed by atoms with Gasteiger partial charge in [-0.1, -0.05) is 25.3 Å². The molecule has 17 heavy (non-hydrogen) atoms. The van der Waals surface area contributed by atoms with Crippen LogP contribution >= 0.6 is 0 Å². The molecule has 2 rings (SSSR count). The summed E-state index contributed by atoms with van der Waals surface area (Å²) in [5.74, 6) is 0.326. The van der Waals surface area contributed by atoms with Gasteiger partial charge in [0.2, 0.25) is 0 Å². The summed E-state index contributed by atoms with van der Waals surface area (Å²) in [6, 6.07) is 4.23. The van der Waals surface area contributed by atoms with Crippen LogP contribution in [0.3, 0.4) is 0 Å². The Bertz CT molecular complexity index is 370. The van der Waals surface area contributed by atoms with Gasteiger partial charge < -0.3 is 5.32 Å². The van der Waals surface area contributed by atoms with Crippen molar-refractivity contribution in [2.24, 2.45) is 0 Å². The molecule has 1 aliphatic rings. The van der Waals surface area contributed by atoms with E-state index in [0.717, 1.165) is 31.7 Å². The minimum absolute atomic E-state index is 0.264. The van der Waals surface area contributed by atoms with Crippen LogP contribution < -0.4 is 5.32 Å². The number of nitrogens with zero attached hydrogens (tertiary/aromatic N) is 1. The predicted octanol–water partition coefficient (Wildman–Crippen LogP) is 3.85. The summed E-state index contributed by atoms with van der Waals surface area (Å²) in [6.07, 6.45) is 1.14. The average Bonchev–Trinajstić information content (AvgIpc) is 2.29. The highest BCUT2D eigenvalue weighted by atomic mass is 19.4. The Kier molecular flexibility index (Phi) is 3.54. The summed E-state index contributed by atoms with van der Waals surface area (Å²) in [4.78, 5) is 3.60. The summed E-state index contributed by atoms with van der Waals surface area (Å²) < 4.78 is 37.4. The minimum Gasteiger partial charge on any atom is -0.367 e. The van der Waals surface area contributed by atoms with Gasteiger partial charge in [0.1, 0.15) is 11.5 Å². The summed E-state index contributed by atoms with van der Waals surface area (Å²) in [6.45, 7) is 0. The molecule has 0 saturated heterocycles. The van der Waals surface area contributed by atoms with Gasteiger partial charge >= 0.3 is 6.18 Å². The van der Waals surface area contributed by atoms with E-state index >= 15 is 0 Å². The second kappa shape index (κ2) is 4.94. The van der Waals surface area contributed by atoms with Crippen molar-refractivity contribution in [3.8, 4) is 0 Å². The fraction of sp³-hybridized carbons (Fsp3) is 0.583. The van der Waals surface area contributed by atoms with Crippen LogP contribution in [-0.2, 0) is 6.18 Å². The molecule has 1 aromatic heterocycles. The average molecular weight is 244 g/mol. The molecule has 0 amide bonds. The van der Waals surface area contributed by atoms with Crippen LogP contribution in [0.4, 0.5) is 19.0 Å². The largest absolute Gasteiger partial charge is 0.433 e. The van der Waals surface area contributed by atoms with Crippen molar-refractivity contribution in [3.63, 3.8) is 0 Å². The minimum atomic E-state index is -4.37. The summed E-state index contributed by atoms with van der Waals surface area (Å²) in [5, 5.41) is 3.08. The number of pyridine rings is 1. The SMILES string of the molecule is FC(F)(F)c1cccc(NC2CCCCC2)n1. The Hall–Kier alpha value is -1.26. The highest BCUT2D eigenvalue weighted by molar-refractivity contribution is 5.37. The maximum absolute atomic E-state index is 12.5. The molecule has 2 nitrogen and oxygen atoms in total. The smallest absolute Gasteiger partial charge is 0.367 e. The topological polar surface area (TPSA) is 24.9 Å². The van der Waals surface area contributed by atoms with E-state index in [1.54, 1.807) is 6.07 Å². The van der Waals surface area contributed by atoms with Crippen LogP contribution in [0.25, 0.3) is 0 Å². The lowest BCUT2D eigenvalue weighted by atomic mass is 9.95. The quantitative estimate of drug-likeness (QED) is 0.854. The van der Waals surface area contributed by atoms with E-state index in [1.807, 2.05) is 0 Å². The van der Waals surface area contributed by atoms with Crippen molar-refractivity contribution in [3.05, 3.63) is 23.9 Å². The molecular formula is C12H15F3N2. The van der Waals surface area contributed by atoms with Crippen molar-refractivity contribution in [1.29, 1.82) is 0 Å². The van der Waals surface area contributed by atoms with Crippen LogP contribution in [0, 0.1) is 0 Å². The standard InChI is InChI=1S/C12H15F3N2/c13-12(14,15)10-7-4-8-11(17-10)16-9-5-2-1-3-6-9/h4,7-9H,1-3,5-6H2,(H,16,17). The first-order valence-corrected chi connectivity index (χ1v) is 5.86. The fourth-order valence-corrected chi connectivity index (χ4v) is 2.13. The Labute approximate surface area is 98.2 Å². The molecule has 1 aliphatic carbocycles. The van der Waals surface area contributed by atoms with Gasteiger partial charge in [-0.2, -0.15) is 13.2 Å². The van der Waals surface area contributed by atoms with E-state index in [4.69, 9.17) is 0 Å². The first-order chi connectivity index (χ1) is 8.05. The van der Waals surface area contributed by atoms with Crippen LogP contribution in [-0.4, -0.2) is 11.0 Å². The molecule has 1 saturated carbocycles. The molecule has 0 unspecified atom stereocenters. The number of hydrogen-bond donors (Lipinski definition) is 1. The predicted molar refractivity (Wildman–Crippen MR) is 59.7 cm³/mol. The van der Waals surface area contributed by atoms with Crippen molar-refractivity contribution < 1.29 is 13.2 Å². The van der Waals surface area contributed by atoms with Gasteiger partial charge in [-0.15, -0.1) is 0 Å². The third-order valence-corrected chi connectivity index (χ3v) is 3.00. The van der Waals surface area contributed by atoms with Gasteiger partial charge in [0.25, 0.3) is 0 Å². The van der Waals surface area contributed by atoms with E-state index in [2.05, 4.69) is 10.3 Å². The molecule has 0 spiro atoms. The van der Waals surface area contributed by atoms with E-state index < -0.39 is 11.9 Å². The first kappa shape index (κ1) is 12.2. The van der Waals surface area contributed by atoms with Crippen LogP contribution in [0.15, 0.2) is 18.2 Å². The lowest BCUT2D eigenvalue weighted by Gasteiger charge is -2.23. The Morgan fingerprint density at radius 1 is 1.12 bits per heavy atom. The summed E-state index contributed by atoms with van der Waals surface area (Å²) in [7, 11) is 0. The second-order valence-electron chi connectivity index (χ2n) is 4.39. The normalized spacial score (nSPS) is 18.1. The molecule has 0 radical (unpaired) electrons. The van der Waals surface area contributed by atoms with Gasteiger partial charge in [0.05, 0.1) is 0 Å². The summed E-state index contributed by atoms with van der Waals surface area (Å²) >= 11 is 0. The second-order valence-corrected chi connectivity index (χ2v) is 4.39. The summed E-state index contributed by atoms with van der Waals surface area (Å²) in [5.41, 5.74) is -0.835. The van der Waals surface area contributed by atoms with Crippen LogP contribution in [0.1, 0.15) is 37.8 Å². The van der Waals surface area contributed by atoms with Gasteiger partial charge in [-0.05, 0) is 25.0 Å². The van der Waals surface area contributed by atoms with Crippen molar-refractivity contribution in [1.82, 2.24) is 4.98 Å². The number of alkyl halides is 3. The molecule has 5 heteroatoms. The third kappa shape index (κ3) is 3.35. The van der Waals surface area contributed by atoms with E-state index in [9.17, 15) is 13.2 Å². The van der Waals surface area contributed by atoms with Gasteiger partial charge in [-0.25, -0.2) is 4.98 Å². The zero-order valence-electron chi connectivity index (χ0n) is 9.43. The van der Waals surface area contributed by atoms with Gasteiger partial charge in [0, 0.05) is 6.04 Å². The highest BCUT2D eigenvalue weighted by Gasteiger charge is 2.32. The molecule has 1 fully saturated rings. The lowest BCUT2D eigenvalue weighted by molar-refractivity contribution is -0.141. The first-order valence-electron chi connectivity index (χ1n) is 5.86. The molecule has 0 bridgehead atoms. The number of halogens is 3. The van der Waals surface area contributed by atoms with E-state index in [-0.39, 0.29) is 6.04 Å². The Morgan fingerprint density at radius 2 is 1.82 bits per heavy atom. The maximum Gasteiger partial charge on any atom is 0.433 e. The number of hydrogen-bond acceptors (Lipinski definition) is 2. The Morgan fingerprint density at radius 3 is 2.47 bits per heavy atom. The van der Waals surface area contributed by atoms with Crippen molar-refractivity contribution in [2.75, 3.05) is 5.32 Å². The number of nitrogens with one attached hydrogen (secondary N) is 1. The molecule has 0 atom stereocenters. The molecule has 0 aromatic carbocycles. The Balaban J connectivity index is 2.05. The fourth-order valence-electron chi connectivity index (χ4n) is 2.13. The molecule has 94 valence electrons. The van der Waals surface area contributed by atoms with Crippen LogP contribution in [0.5, 0.6) is 0 Å². The number of anilines is 1. The molecule has 1 aromatic rings. The van der Waals surface area contributed by atoms with Crippen molar-refractivity contribution >= 4 is 5.82 Å². The van der Waals surface area contributed by atoms with Crippen molar-refractivity contribution in [2.45, 2.75) is 44.3 Å². The molecular weight excluding hydrogens is 229 g/mol. The monoisotopic (exact) mass is 244 g/mol. The highest BCUT2D eigenvalue weighted by Crippen LogP contribution is 2.28. The molecule has 1 heterocycles. The lowest BCUT2D eigenvalue weighted by Crippen LogP contribution is -2.23. The van der Waals surface area contributed by atoms with E-state index in [1.165, 1.54) is 12.5 Å². The zero-order chi connectivity index (χ0) is 12.3. The maximum atomic E-state index is 12.5. The van der Waals surface area contributed by atoms with Gasteiger partial charge in [-0.3, -0.25) is 0 Å². The number of rotatable bonds is 2. The third-order valence-electron chi connectivity index (χ3n) is 3.00. The van der Waals surface area contributed by atoms with Crippen LogP contribution in [0.2, 0.25) is 0 Å². The number of aromatic nitrogens is 1. The van der Waals surface area contributed by atoms with E-state index in [0.29, 0.717) is 5.82 Å². The molecule has 1 N–H and O–H groups in total. The van der Waals surface area contributed by atoms with Gasteiger partial charge in [0.15, 0.2) is 0 Å². The zero-order valence-corrected chi connectivity index (χ0v) is 9.43. The molecule has 0 aliphatic heterocycles.